The topological polar surface area (TPSA) is 89.8 Å². The van der Waals surface area contributed by atoms with Crippen LogP contribution in [0.4, 0.5) is 5.00 Å². The van der Waals surface area contributed by atoms with Gasteiger partial charge in [-0.25, -0.2) is 4.79 Å². The summed E-state index contributed by atoms with van der Waals surface area (Å²) in [6, 6.07) is 0.661. The van der Waals surface area contributed by atoms with Crippen LogP contribution in [0.3, 0.4) is 0 Å². The lowest BCUT2D eigenvalue weighted by molar-refractivity contribution is -0.380. The molecule has 2 rings (SSSR count). The smallest absolute Gasteiger partial charge is 0.328 e. The number of nitrogens with zero attached hydrogens (tertiary/aromatic N) is 2. The van der Waals surface area contributed by atoms with Crippen LogP contribution in [0.5, 0.6) is 0 Å². The fourth-order valence-corrected chi connectivity index (χ4v) is 3.05. The predicted molar refractivity (Wildman–Crippen MR) is 76.3 cm³/mol. The maximum absolute atomic E-state index is 12.5. The predicted octanol–water partition coefficient (Wildman–Crippen LogP) is 2.21. The molecule has 0 bridgehead atoms. The van der Waals surface area contributed by atoms with Crippen LogP contribution < -0.4 is 0 Å². The van der Waals surface area contributed by atoms with Gasteiger partial charge in [-0.15, -0.1) is 0 Å². The summed E-state index contributed by atoms with van der Waals surface area (Å²) in [7, 11) is 0. The number of hydrogen-bond donors (Lipinski definition) is 0. The largest absolute Gasteiger partial charge is 0.464 e. The zero-order chi connectivity index (χ0) is 15.4. The number of carbonyl (C=O) groups is 2. The van der Waals surface area contributed by atoms with E-state index in [9.17, 15) is 19.7 Å². The second-order valence-electron chi connectivity index (χ2n) is 4.69. The highest BCUT2D eigenvalue weighted by molar-refractivity contribution is 7.13. The van der Waals surface area contributed by atoms with E-state index in [0.717, 1.165) is 24.2 Å². The molecule has 1 atom stereocenters. The molecule has 1 fully saturated rings. The van der Waals surface area contributed by atoms with Gasteiger partial charge in [0, 0.05) is 18.0 Å². The van der Waals surface area contributed by atoms with Gasteiger partial charge in [-0.05, 0) is 26.2 Å². The van der Waals surface area contributed by atoms with Gasteiger partial charge in [0.25, 0.3) is 5.91 Å². The van der Waals surface area contributed by atoms with Crippen molar-refractivity contribution in [2.24, 2.45) is 0 Å². The number of amides is 1. The number of thiophene rings is 1. The van der Waals surface area contributed by atoms with Gasteiger partial charge in [0.15, 0.2) is 0 Å². The van der Waals surface area contributed by atoms with E-state index in [4.69, 9.17) is 4.74 Å². The lowest BCUT2D eigenvalue weighted by Crippen LogP contribution is -2.48. The lowest BCUT2D eigenvalue weighted by atomic mass is 10.0. The molecule has 0 aliphatic carbocycles. The van der Waals surface area contributed by atoms with E-state index in [2.05, 4.69) is 0 Å². The molecule has 1 amide bonds. The van der Waals surface area contributed by atoms with Crippen LogP contribution in [0, 0.1) is 10.1 Å². The number of piperidine rings is 1. The first-order valence-electron chi connectivity index (χ1n) is 6.75. The zero-order valence-corrected chi connectivity index (χ0v) is 12.4. The highest BCUT2D eigenvalue weighted by Gasteiger charge is 2.34. The van der Waals surface area contributed by atoms with Gasteiger partial charge in [0.05, 0.1) is 17.1 Å². The van der Waals surface area contributed by atoms with Gasteiger partial charge in [0.1, 0.15) is 6.04 Å². The Morgan fingerprint density at radius 2 is 2.29 bits per heavy atom. The molecule has 1 saturated heterocycles. The van der Waals surface area contributed by atoms with Crippen LogP contribution in [0.15, 0.2) is 11.4 Å². The Bertz CT molecular complexity index is 557. The van der Waals surface area contributed by atoms with Crippen LogP contribution in [-0.4, -0.2) is 40.9 Å². The minimum absolute atomic E-state index is 0.0805. The van der Waals surface area contributed by atoms with E-state index in [0.29, 0.717) is 13.0 Å². The minimum Gasteiger partial charge on any atom is -0.464 e. The van der Waals surface area contributed by atoms with E-state index in [1.54, 1.807) is 6.92 Å². The van der Waals surface area contributed by atoms with Crippen molar-refractivity contribution in [2.45, 2.75) is 32.2 Å². The third-order valence-electron chi connectivity index (χ3n) is 3.33. The molecule has 0 spiro atoms. The minimum atomic E-state index is -0.592. The fraction of sp³-hybridized carbons (Fsp3) is 0.538. The van der Waals surface area contributed by atoms with Crippen LogP contribution >= 0.6 is 11.3 Å². The van der Waals surface area contributed by atoms with Gasteiger partial charge in [-0.2, -0.15) is 0 Å². The summed E-state index contributed by atoms with van der Waals surface area (Å²) >= 11 is 0.907. The number of ether oxygens (including phenoxy) is 1. The summed E-state index contributed by atoms with van der Waals surface area (Å²) in [5.41, 5.74) is 0.253. The van der Waals surface area contributed by atoms with Crippen molar-refractivity contribution in [2.75, 3.05) is 13.2 Å². The van der Waals surface area contributed by atoms with E-state index in [1.807, 2.05) is 0 Å². The lowest BCUT2D eigenvalue weighted by Gasteiger charge is -2.33. The molecule has 1 unspecified atom stereocenters. The highest BCUT2D eigenvalue weighted by atomic mass is 32.1. The van der Waals surface area contributed by atoms with Gasteiger partial charge in [-0.3, -0.25) is 14.9 Å². The van der Waals surface area contributed by atoms with E-state index < -0.39 is 16.9 Å². The Morgan fingerprint density at radius 1 is 1.52 bits per heavy atom. The van der Waals surface area contributed by atoms with Crippen molar-refractivity contribution in [3.05, 3.63) is 27.1 Å². The normalized spacial score (nSPS) is 18.3. The van der Waals surface area contributed by atoms with Crippen LogP contribution in [-0.2, 0) is 9.53 Å². The average molecular weight is 312 g/mol. The SMILES string of the molecule is CCOC(=O)C1CCCCN1C(=O)c1csc([N+](=O)[O-])c1. The molecule has 8 heteroatoms. The summed E-state index contributed by atoms with van der Waals surface area (Å²) in [4.78, 5) is 36.0. The summed E-state index contributed by atoms with van der Waals surface area (Å²) in [6.07, 6.45) is 2.24. The monoisotopic (exact) mass is 312 g/mol. The Balaban J connectivity index is 2.17. The molecular weight excluding hydrogens is 296 g/mol. The van der Waals surface area contributed by atoms with Crippen LogP contribution in [0.2, 0.25) is 0 Å². The first kappa shape index (κ1) is 15.4. The van der Waals surface area contributed by atoms with Crippen molar-refractivity contribution in [3.63, 3.8) is 0 Å². The maximum Gasteiger partial charge on any atom is 0.328 e. The standard InChI is InChI=1S/C13H16N2O5S/c1-2-20-13(17)10-5-3-4-6-14(10)12(16)9-7-11(15(18)19)21-8-9/h7-8,10H,2-6H2,1H3. The molecule has 0 saturated carbocycles. The van der Waals surface area contributed by atoms with Crippen LogP contribution in [0.25, 0.3) is 0 Å². The molecule has 114 valence electrons. The number of rotatable bonds is 4. The molecule has 1 aliphatic heterocycles. The van der Waals surface area contributed by atoms with Gasteiger partial charge in [-0.1, -0.05) is 11.3 Å². The zero-order valence-electron chi connectivity index (χ0n) is 11.6. The molecular formula is C13H16N2O5S. The van der Waals surface area contributed by atoms with E-state index in [-0.39, 0.29) is 23.1 Å². The van der Waals surface area contributed by atoms with E-state index >= 15 is 0 Å². The molecule has 21 heavy (non-hydrogen) atoms. The van der Waals surface area contributed by atoms with Crippen LogP contribution in [0.1, 0.15) is 36.5 Å². The number of likely N-dealkylation sites (tertiary alicyclic amines) is 1. The summed E-state index contributed by atoms with van der Waals surface area (Å²) < 4.78 is 5.00. The van der Waals surface area contributed by atoms with Crippen molar-refractivity contribution in [1.82, 2.24) is 4.90 Å². The third-order valence-corrected chi connectivity index (χ3v) is 4.22. The molecule has 0 N–H and O–H groups in total. The second kappa shape index (κ2) is 6.66. The molecule has 0 aromatic carbocycles. The molecule has 7 nitrogen and oxygen atoms in total. The molecule has 2 heterocycles. The van der Waals surface area contributed by atoms with Crippen molar-refractivity contribution < 1.29 is 19.2 Å². The Morgan fingerprint density at radius 3 is 2.90 bits per heavy atom. The van der Waals surface area contributed by atoms with Gasteiger partial charge < -0.3 is 9.64 Å². The second-order valence-corrected chi connectivity index (χ2v) is 5.58. The van der Waals surface area contributed by atoms with Gasteiger partial charge in [0.2, 0.25) is 0 Å². The molecule has 1 aromatic heterocycles. The first-order chi connectivity index (χ1) is 10.0. The summed E-state index contributed by atoms with van der Waals surface area (Å²) in [6.45, 7) is 2.45. The summed E-state index contributed by atoms with van der Waals surface area (Å²) in [5, 5.41) is 12.1. The first-order valence-corrected chi connectivity index (χ1v) is 7.63. The average Bonchev–Trinajstić information content (AvgIpc) is 2.97. The van der Waals surface area contributed by atoms with Crippen molar-refractivity contribution >= 4 is 28.2 Å². The third kappa shape index (κ3) is 3.38. The van der Waals surface area contributed by atoms with Gasteiger partial charge >= 0.3 is 11.0 Å². The highest BCUT2D eigenvalue weighted by Crippen LogP contribution is 2.26. The molecule has 1 aromatic rings. The quantitative estimate of drug-likeness (QED) is 0.483. The van der Waals surface area contributed by atoms with Crippen molar-refractivity contribution in [1.29, 1.82) is 0 Å². The fourth-order valence-electron chi connectivity index (χ4n) is 2.36. The number of carbonyl (C=O) groups excluding carboxylic acids is 2. The maximum atomic E-state index is 12.5. The number of esters is 1. The number of hydrogen-bond acceptors (Lipinski definition) is 6. The molecule has 1 aliphatic rings. The number of nitro groups is 1. The Labute approximate surface area is 125 Å². The Kier molecular flexibility index (Phi) is 4.89. The van der Waals surface area contributed by atoms with Crippen molar-refractivity contribution in [3.8, 4) is 0 Å². The Hall–Kier alpha value is -1.96. The summed E-state index contributed by atoms with van der Waals surface area (Å²) in [5.74, 6) is -0.757. The molecule has 0 radical (unpaired) electrons. The van der Waals surface area contributed by atoms with E-state index in [1.165, 1.54) is 16.3 Å².